The molecule has 0 saturated carbocycles. The Morgan fingerprint density at radius 2 is 2.00 bits per heavy atom. The number of benzene rings is 1. The van der Waals surface area contributed by atoms with Crippen LogP contribution in [0.3, 0.4) is 0 Å². The van der Waals surface area contributed by atoms with Gasteiger partial charge in [-0.15, -0.1) is 0 Å². The Balaban J connectivity index is 3.15. The first-order chi connectivity index (χ1) is 8.25. The van der Waals surface area contributed by atoms with Gasteiger partial charge < -0.3 is 16.4 Å². The number of nitrogen functional groups attached to an aromatic ring is 1. The van der Waals surface area contributed by atoms with Crippen LogP contribution in [0.4, 0.5) is 11.4 Å². The standard InChI is InChI=1S/C10H16N4O3S/c1-2-14(6-10(12)15)9-4-3-7(5-8(9)11)18(13,16)17/h3-5H,2,6,11H2,1H3,(H2,12,15)(H2,13,16,17). The minimum atomic E-state index is -3.79. The van der Waals surface area contributed by atoms with Gasteiger partial charge in [0.1, 0.15) is 0 Å². The first-order valence-corrected chi connectivity index (χ1v) is 6.76. The number of rotatable bonds is 5. The molecule has 1 aromatic carbocycles. The molecule has 1 amide bonds. The SMILES string of the molecule is CCN(CC(N)=O)c1ccc(S(N)(=O)=O)cc1N. The third-order valence-corrected chi connectivity index (χ3v) is 3.31. The lowest BCUT2D eigenvalue weighted by Crippen LogP contribution is -2.34. The molecule has 0 aliphatic carbocycles. The molecule has 0 radical (unpaired) electrons. The maximum Gasteiger partial charge on any atom is 0.238 e. The van der Waals surface area contributed by atoms with Crippen LogP contribution in [0.2, 0.25) is 0 Å². The summed E-state index contributed by atoms with van der Waals surface area (Å²) >= 11 is 0. The van der Waals surface area contributed by atoms with E-state index in [4.69, 9.17) is 16.6 Å². The molecule has 7 nitrogen and oxygen atoms in total. The summed E-state index contributed by atoms with van der Waals surface area (Å²) in [6.45, 7) is 2.35. The lowest BCUT2D eigenvalue weighted by Gasteiger charge is -2.23. The van der Waals surface area contributed by atoms with Crippen molar-refractivity contribution in [1.82, 2.24) is 0 Å². The quantitative estimate of drug-likeness (QED) is 0.605. The Hall–Kier alpha value is -1.80. The van der Waals surface area contributed by atoms with Crippen molar-refractivity contribution in [3.63, 3.8) is 0 Å². The first kappa shape index (κ1) is 14.3. The summed E-state index contributed by atoms with van der Waals surface area (Å²) in [5.41, 5.74) is 11.6. The molecule has 0 saturated heterocycles. The maximum atomic E-state index is 11.1. The number of hydrogen-bond acceptors (Lipinski definition) is 5. The largest absolute Gasteiger partial charge is 0.397 e. The van der Waals surface area contributed by atoms with Gasteiger partial charge >= 0.3 is 0 Å². The molecule has 0 spiro atoms. The van der Waals surface area contributed by atoms with Crippen molar-refractivity contribution < 1.29 is 13.2 Å². The Morgan fingerprint density at radius 1 is 1.39 bits per heavy atom. The molecule has 8 heteroatoms. The highest BCUT2D eigenvalue weighted by Gasteiger charge is 2.14. The summed E-state index contributed by atoms with van der Waals surface area (Å²) in [5, 5.41) is 4.99. The molecule has 6 N–H and O–H groups in total. The van der Waals surface area contributed by atoms with Crippen LogP contribution in [0, 0.1) is 0 Å². The number of carbonyl (C=O) groups excluding carboxylic acids is 1. The van der Waals surface area contributed by atoms with Gasteiger partial charge in [-0.1, -0.05) is 0 Å². The third kappa shape index (κ3) is 3.34. The van der Waals surface area contributed by atoms with Gasteiger partial charge in [-0.25, -0.2) is 13.6 Å². The van der Waals surface area contributed by atoms with Crippen LogP contribution in [0.15, 0.2) is 23.1 Å². The van der Waals surface area contributed by atoms with E-state index in [0.29, 0.717) is 12.2 Å². The highest BCUT2D eigenvalue weighted by Crippen LogP contribution is 2.25. The van der Waals surface area contributed by atoms with Crippen molar-refractivity contribution >= 4 is 27.3 Å². The Morgan fingerprint density at radius 3 is 2.39 bits per heavy atom. The highest BCUT2D eigenvalue weighted by molar-refractivity contribution is 7.89. The molecule has 1 rings (SSSR count). The van der Waals surface area contributed by atoms with E-state index >= 15 is 0 Å². The molecular weight excluding hydrogens is 256 g/mol. The van der Waals surface area contributed by atoms with E-state index in [1.54, 1.807) is 4.90 Å². The molecule has 0 aliphatic rings. The van der Waals surface area contributed by atoms with Gasteiger partial charge in [0.25, 0.3) is 0 Å². The normalized spacial score (nSPS) is 11.2. The van der Waals surface area contributed by atoms with Crippen LogP contribution in [-0.4, -0.2) is 27.4 Å². The average molecular weight is 272 g/mol. The van der Waals surface area contributed by atoms with Crippen molar-refractivity contribution in [2.45, 2.75) is 11.8 Å². The molecule has 100 valence electrons. The van der Waals surface area contributed by atoms with Crippen LogP contribution in [-0.2, 0) is 14.8 Å². The summed E-state index contributed by atoms with van der Waals surface area (Å²) in [6.07, 6.45) is 0. The number of carbonyl (C=O) groups is 1. The fraction of sp³-hybridized carbons (Fsp3) is 0.300. The zero-order valence-electron chi connectivity index (χ0n) is 9.96. The number of anilines is 2. The number of likely N-dealkylation sites (N-methyl/N-ethyl adjacent to an activating group) is 1. The molecule has 0 unspecified atom stereocenters. The summed E-state index contributed by atoms with van der Waals surface area (Å²) in [5.74, 6) is -0.494. The zero-order valence-corrected chi connectivity index (χ0v) is 10.8. The van der Waals surface area contributed by atoms with Crippen molar-refractivity contribution in [2.24, 2.45) is 10.9 Å². The van der Waals surface area contributed by atoms with E-state index in [0.717, 1.165) is 0 Å². The summed E-state index contributed by atoms with van der Waals surface area (Å²) in [4.78, 5) is 12.5. The second-order valence-electron chi connectivity index (χ2n) is 3.75. The fourth-order valence-electron chi connectivity index (χ4n) is 1.55. The Bertz CT molecular complexity index is 556. The number of hydrogen-bond donors (Lipinski definition) is 3. The molecule has 0 aliphatic heterocycles. The van der Waals surface area contributed by atoms with Gasteiger partial charge in [-0.3, -0.25) is 4.79 Å². The van der Waals surface area contributed by atoms with Crippen LogP contribution in [0.5, 0.6) is 0 Å². The fourth-order valence-corrected chi connectivity index (χ4v) is 2.10. The number of nitrogens with two attached hydrogens (primary N) is 3. The van der Waals surface area contributed by atoms with Crippen molar-refractivity contribution in [1.29, 1.82) is 0 Å². The number of amides is 1. The molecule has 0 atom stereocenters. The minimum absolute atomic E-state index is 0.00935. The molecular formula is C10H16N4O3S. The topological polar surface area (TPSA) is 133 Å². The van der Waals surface area contributed by atoms with E-state index in [2.05, 4.69) is 0 Å². The van der Waals surface area contributed by atoms with Crippen LogP contribution >= 0.6 is 0 Å². The first-order valence-electron chi connectivity index (χ1n) is 5.21. The van der Waals surface area contributed by atoms with E-state index in [-0.39, 0.29) is 17.1 Å². The zero-order chi connectivity index (χ0) is 13.9. The predicted molar refractivity (Wildman–Crippen MR) is 69.3 cm³/mol. The van der Waals surface area contributed by atoms with Crippen molar-refractivity contribution in [2.75, 3.05) is 23.7 Å². The van der Waals surface area contributed by atoms with Crippen LogP contribution < -0.4 is 21.5 Å². The summed E-state index contributed by atoms with van der Waals surface area (Å²) in [7, 11) is -3.79. The van der Waals surface area contributed by atoms with Crippen LogP contribution in [0.1, 0.15) is 6.92 Å². The van der Waals surface area contributed by atoms with E-state index in [1.807, 2.05) is 6.92 Å². The lowest BCUT2D eigenvalue weighted by atomic mass is 10.2. The molecule has 1 aromatic rings. The van der Waals surface area contributed by atoms with E-state index < -0.39 is 15.9 Å². The predicted octanol–water partition coefficient (Wildman–Crippen LogP) is -0.772. The smallest absolute Gasteiger partial charge is 0.238 e. The third-order valence-electron chi connectivity index (χ3n) is 2.40. The second kappa shape index (κ2) is 5.23. The number of primary sulfonamides is 1. The molecule has 18 heavy (non-hydrogen) atoms. The van der Waals surface area contributed by atoms with Gasteiger partial charge in [0.05, 0.1) is 22.8 Å². The van der Waals surface area contributed by atoms with Gasteiger partial charge in [0.15, 0.2) is 0 Å². The molecule has 0 fully saturated rings. The number of nitrogens with zero attached hydrogens (tertiary/aromatic N) is 1. The van der Waals surface area contributed by atoms with Gasteiger partial charge in [-0.2, -0.15) is 0 Å². The second-order valence-corrected chi connectivity index (χ2v) is 5.31. The molecule has 0 bridgehead atoms. The number of sulfonamides is 1. The average Bonchev–Trinajstić information content (AvgIpc) is 2.24. The number of primary amides is 1. The summed E-state index contributed by atoms with van der Waals surface area (Å²) in [6, 6.07) is 4.10. The van der Waals surface area contributed by atoms with Crippen molar-refractivity contribution in [3.05, 3.63) is 18.2 Å². The van der Waals surface area contributed by atoms with Gasteiger partial charge in [-0.05, 0) is 25.1 Å². The monoisotopic (exact) mass is 272 g/mol. The van der Waals surface area contributed by atoms with Crippen LogP contribution in [0.25, 0.3) is 0 Å². The van der Waals surface area contributed by atoms with Crippen molar-refractivity contribution in [3.8, 4) is 0 Å². The Labute approximate surface area is 106 Å². The lowest BCUT2D eigenvalue weighted by molar-refractivity contribution is -0.116. The van der Waals surface area contributed by atoms with E-state index in [1.165, 1.54) is 18.2 Å². The highest BCUT2D eigenvalue weighted by atomic mass is 32.2. The van der Waals surface area contributed by atoms with E-state index in [9.17, 15) is 13.2 Å². The maximum absolute atomic E-state index is 11.1. The van der Waals surface area contributed by atoms with Gasteiger partial charge in [0, 0.05) is 6.54 Å². The summed E-state index contributed by atoms with van der Waals surface area (Å²) < 4.78 is 22.3. The minimum Gasteiger partial charge on any atom is -0.397 e. The van der Waals surface area contributed by atoms with Gasteiger partial charge in [0.2, 0.25) is 15.9 Å². The molecule has 0 aromatic heterocycles. The molecule has 0 heterocycles. The Kier molecular flexibility index (Phi) is 4.15.